The van der Waals surface area contributed by atoms with Crippen molar-refractivity contribution in [2.75, 3.05) is 11.2 Å². The number of hydrogen-bond acceptors (Lipinski definition) is 3. The van der Waals surface area contributed by atoms with E-state index in [1.807, 2.05) is 18.2 Å². The Kier molecular flexibility index (Phi) is 2.34. The molecule has 0 spiro atoms. The summed E-state index contributed by atoms with van der Waals surface area (Å²) in [5.74, 6) is 5.19. The van der Waals surface area contributed by atoms with Crippen LogP contribution in [0.2, 0.25) is 0 Å². The first-order valence-corrected chi connectivity index (χ1v) is 3.84. The average molecular weight is 249 g/mol. The number of halogens is 1. The van der Waals surface area contributed by atoms with E-state index >= 15 is 0 Å². The van der Waals surface area contributed by atoms with E-state index in [2.05, 4.69) is 28.0 Å². The molecule has 1 aromatic rings. The van der Waals surface area contributed by atoms with Gasteiger partial charge < -0.3 is 11.2 Å². The van der Waals surface area contributed by atoms with E-state index in [9.17, 15) is 0 Å². The number of hydrogen-bond donors (Lipinski definition) is 3. The van der Waals surface area contributed by atoms with Crippen molar-refractivity contribution >= 4 is 34.0 Å². The Morgan fingerprint density at radius 3 is 2.60 bits per heavy atom. The van der Waals surface area contributed by atoms with Gasteiger partial charge in [0.1, 0.15) is 0 Å². The first kappa shape index (κ1) is 7.62. The predicted octanol–water partition coefficient (Wildman–Crippen LogP) is 1.16. The van der Waals surface area contributed by atoms with Crippen molar-refractivity contribution in [1.29, 1.82) is 0 Å². The van der Waals surface area contributed by atoms with Gasteiger partial charge in [0.2, 0.25) is 0 Å². The summed E-state index contributed by atoms with van der Waals surface area (Å²) in [5.41, 5.74) is 9.62. The Hall–Kier alpha value is -0.490. The highest BCUT2D eigenvalue weighted by atomic mass is 127. The summed E-state index contributed by atoms with van der Waals surface area (Å²) < 4.78 is 1.01. The lowest BCUT2D eigenvalue weighted by atomic mass is 10.3. The number of hydrazine groups is 1. The second-order valence-electron chi connectivity index (χ2n) is 1.85. The summed E-state index contributed by atoms with van der Waals surface area (Å²) in [6.45, 7) is 0. The fraction of sp³-hybridized carbons (Fsp3) is 0. The minimum atomic E-state index is 0.700. The fourth-order valence-corrected chi connectivity index (χ4v) is 1.16. The van der Waals surface area contributed by atoms with E-state index in [4.69, 9.17) is 11.6 Å². The van der Waals surface area contributed by atoms with Crippen molar-refractivity contribution in [3.63, 3.8) is 0 Å². The molecule has 0 radical (unpaired) electrons. The molecule has 0 saturated carbocycles. The van der Waals surface area contributed by atoms with E-state index in [1.54, 1.807) is 0 Å². The van der Waals surface area contributed by atoms with E-state index in [1.165, 1.54) is 0 Å². The summed E-state index contributed by atoms with van der Waals surface area (Å²) in [4.78, 5) is 0. The third-order valence-electron chi connectivity index (χ3n) is 1.21. The highest BCUT2D eigenvalue weighted by Gasteiger charge is 1.98. The molecule has 3 nitrogen and oxygen atoms in total. The first-order chi connectivity index (χ1) is 4.75. The standard InChI is InChI=1S/C6H8IN3/c7-4-2-1-3-5(10-9)6(4)8/h1-3,10H,8-9H2. The third-order valence-corrected chi connectivity index (χ3v) is 2.15. The van der Waals surface area contributed by atoms with E-state index in [0.29, 0.717) is 5.69 Å². The maximum atomic E-state index is 5.64. The van der Waals surface area contributed by atoms with Gasteiger partial charge in [-0.1, -0.05) is 6.07 Å². The molecule has 54 valence electrons. The molecule has 0 aliphatic carbocycles. The van der Waals surface area contributed by atoms with Crippen LogP contribution in [0.5, 0.6) is 0 Å². The molecule has 5 N–H and O–H groups in total. The molecule has 10 heavy (non-hydrogen) atoms. The maximum Gasteiger partial charge on any atom is 0.0726 e. The van der Waals surface area contributed by atoms with Gasteiger partial charge in [-0.25, -0.2) is 0 Å². The topological polar surface area (TPSA) is 64.1 Å². The number of benzene rings is 1. The summed E-state index contributed by atoms with van der Waals surface area (Å²) >= 11 is 2.15. The van der Waals surface area contributed by atoms with Gasteiger partial charge in [-0.15, -0.1) is 0 Å². The number of nitrogen functional groups attached to an aromatic ring is 2. The smallest absolute Gasteiger partial charge is 0.0726 e. The predicted molar refractivity (Wildman–Crippen MR) is 51.4 cm³/mol. The second-order valence-corrected chi connectivity index (χ2v) is 3.01. The Bertz CT molecular complexity index is 236. The molecule has 0 fully saturated rings. The van der Waals surface area contributed by atoms with Crippen LogP contribution in [0.3, 0.4) is 0 Å². The lowest BCUT2D eigenvalue weighted by Crippen LogP contribution is -2.09. The third kappa shape index (κ3) is 1.32. The fourth-order valence-electron chi connectivity index (χ4n) is 0.663. The van der Waals surface area contributed by atoms with Crippen molar-refractivity contribution in [3.05, 3.63) is 21.8 Å². The zero-order valence-corrected chi connectivity index (χ0v) is 7.42. The summed E-state index contributed by atoms with van der Waals surface area (Å²) in [6, 6.07) is 5.65. The van der Waals surface area contributed by atoms with Gasteiger partial charge in [-0.05, 0) is 34.7 Å². The Morgan fingerprint density at radius 2 is 2.10 bits per heavy atom. The van der Waals surface area contributed by atoms with Gasteiger partial charge in [0.15, 0.2) is 0 Å². The van der Waals surface area contributed by atoms with Crippen LogP contribution in [0, 0.1) is 3.57 Å². The van der Waals surface area contributed by atoms with Gasteiger partial charge in [-0.3, -0.25) is 5.84 Å². The minimum Gasteiger partial charge on any atom is -0.396 e. The van der Waals surface area contributed by atoms with Crippen molar-refractivity contribution < 1.29 is 0 Å². The van der Waals surface area contributed by atoms with Crippen LogP contribution in [0.15, 0.2) is 18.2 Å². The van der Waals surface area contributed by atoms with Crippen LogP contribution in [-0.2, 0) is 0 Å². The maximum absolute atomic E-state index is 5.64. The van der Waals surface area contributed by atoms with Crippen LogP contribution in [0.1, 0.15) is 0 Å². The van der Waals surface area contributed by atoms with Crippen LogP contribution >= 0.6 is 22.6 Å². The quantitative estimate of drug-likeness (QED) is 0.303. The van der Waals surface area contributed by atoms with Crippen molar-refractivity contribution in [2.24, 2.45) is 5.84 Å². The average Bonchev–Trinajstić information content (AvgIpc) is 1.95. The zero-order chi connectivity index (χ0) is 7.56. The van der Waals surface area contributed by atoms with Crippen LogP contribution < -0.4 is 17.0 Å². The Labute approximate surface area is 72.9 Å². The van der Waals surface area contributed by atoms with Crippen LogP contribution in [0.4, 0.5) is 11.4 Å². The molecule has 0 aromatic heterocycles. The normalized spacial score (nSPS) is 9.40. The monoisotopic (exact) mass is 249 g/mol. The molecule has 1 rings (SSSR count). The molecule has 1 aromatic carbocycles. The highest BCUT2D eigenvalue weighted by Crippen LogP contribution is 2.22. The summed E-state index contributed by atoms with van der Waals surface area (Å²) in [5, 5.41) is 0. The lowest BCUT2D eigenvalue weighted by molar-refractivity contribution is 1.35. The largest absolute Gasteiger partial charge is 0.396 e. The molecular weight excluding hydrogens is 241 g/mol. The van der Waals surface area contributed by atoms with Gasteiger partial charge in [0.25, 0.3) is 0 Å². The molecule has 0 saturated heterocycles. The molecule has 4 heteroatoms. The number of rotatable bonds is 1. The molecule has 0 aliphatic rings. The number of nitrogens with one attached hydrogen (secondary N) is 1. The summed E-state index contributed by atoms with van der Waals surface area (Å²) in [6.07, 6.45) is 0. The Balaban J connectivity index is 3.14. The van der Waals surface area contributed by atoms with Crippen molar-refractivity contribution in [1.82, 2.24) is 0 Å². The van der Waals surface area contributed by atoms with E-state index in [-0.39, 0.29) is 0 Å². The van der Waals surface area contributed by atoms with Crippen LogP contribution in [0.25, 0.3) is 0 Å². The SMILES string of the molecule is NNc1cccc(I)c1N. The summed E-state index contributed by atoms with van der Waals surface area (Å²) in [7, 11) is 0. The van der Waals surface area contributed by atoms with E-state index < -0.39 is 0 Å². The van der Waals surface area contributed by atoms with Crippen molar-refractivity contribution in [3.8, 4) is 0 Å². The molecule has 0 heterocycles. The molecule has 0 unspecified atom stereocenters. The second kappa shape index (κ2) is 3.07. The highest BCUT2D eigenvalue weighted by molar-refractivity contribution is 14.1. The van der Waals surface area contributed by atoms with Gasteiger partial charge in [0, 0.05) is 3.57 Å². The molecule has 0 atom stereocenters. The van der Waals surface area contributed by atoms with Gasteiger partial charge >= 0.3 is 0 Å². The molecule has 0 bridgehead atoms. The van der Waals surface area contributed by atoms with Crippen LogP contribution in [-0.4, -0.2) is 0 Å². The van der Waals surface area contributed by atoms with Crippen molar-refractivity contribution in [2.45, 2.75) is 0 Å². The molecule has 0 aliphatic heterocycles. The lowest BCUT2D eigenvalue weighted by Gasteiger charge is -2.04. The Morgan fingerprint density at radius 1 is 1.40 bits per heavy atom. The number of anilines is 2. The first-order valence-electron chi connectivity index (χ1n) is 2.76. The minimum absolute atomic E-state index is 0.700. The van der Waals surface area contributed by atoms with Gasteiger partial charge in [-0.2, -0.15) is 0 Å². The molecular formula is C6H8IN3. The zero-order valence-electron chi connectivity index (χ0n) is 5.26. The number of para-hydroxylation sites is 1. The van der Waals surface area contributed by atoms with E-state index in [0.717, 1.165) is 9.26 Å². The van der Waals surface area contributed by atoms with Gasteiger partial charge in [0.05, 0.1) is 11.4 Å². The number of nitrogens with two attached hydrogens (primary N) is 2. The molecule has 0 amide bonds.